The molecule has 0 bridgehead atoms. The Morgan fingerprint density at radius 1 is 1.13 bits per heavy atom. The molecule has 1 aliphatic rings. The summed E-state index contributed by atoms with van der Waals surface area (Å²) in [6, 6.07) is 15.5. The van der Waals surface area contributed by atoms with Gasteiger partial charge in [0, 0.05) is 23.7 Å². The van der Waals surface area contributed by atoms with Gasteiger partial charge < -0.3 is 10.1 Å². The zero-order valence-electron chi connectivity index (χ0n) is 16.5. The normalized spacial score (nSPS) is 12.6. The number of carbonyl (C=O) groups excluding carboxylic acids is 1. The summed E-state index contributed by atoms with van der Waals surface area (Å²) in [4.78, 5) is 17.0. The van der Waals surface area contributed by atoms with Gasteiger partial charge in [-0.15, -0.1) is 22.6 Å². The first-order valence-electron chi connectivity index (χ1n) is 9.69. The fraction of sp³-hybridized carbons (Fsp3) is 0.182. The number of hydrogen-bond donors (Lipinski definition) is 2. The Morgan fingerprint density at radius 2 is 2.03 bits per heavy atom. The van der Waals surface area contributed by atoms with E-state index in [0.717, 1.165) is 30.4 Å². The van der Waals surface area contributed by atoms with Crippen molar-refractivity contribution >= 4 is 45.7 Å². The molecule has 7 nitrogen and oxygen atoms in total. The summed E-state index contributed by atoms with van der Waals surface area (Å²) >= 11 is 1.30. The van der Waals surface area contributed by atoms with Crippen LogP contribution in [0.2, 0.25) is 0 Å². The molecule has 2 N–H and O–H groups in total. The van der Waals surface area contributed by atoms with Crippen LogP contribution >= 0.6 is 23.7 Å². The molecule has 4 aromatic rings. The monoisotopic (exact) mass is 453 g/mol. The van der Waals surface area contributed by atoms with Gasteiger partial charge in [-0.05, 0) is 48.4 Å². The number of pyridine rings is 1. The van der Waals surface area contributed by atoms with E-state index >= 15 is 0 Å². The number of halogens is 1. The van der Waals surface area contributed by atoms with Crippen molar-refractivity contribution in [1.82, 2.24) is 20.5 Å². The summed E-state index contributed by atoms with van der Waals surface area (Å²) in [7, 11) is 0. The van der Waals surface area contributed by atoms with Gasteiger partial charge in [0.05, 0.1) is 0 Å². The Bertz CT molecular complexity index is 1220. The van der Waals surface area contributed by atoms with Crippen molar-refractivity contribution < 1.29 is 9.53 Å². The van der Waals surface area contributed by atoms with E-state index in [-0.39, 0.29) is 24.9 Å². The van der Waals surface area contributed by atoms with Gasteiger partial charge >= 0.3 is 0 Å². The summed E-state index contributed by atoms with van der Waals surface area (Å²) in [5.41, 5.74) is 3.90. The molecule has 158 valence electrons. The van der Waals surface area contributed by atoms with E-state index in [1.54, 1.807) is 6.20 Å². The maximum absolute atomic E-state index is 12.6. The Labute approximate surface area is 189 Å². The number of anilines is 1. The molecule has 2 aromatic heterocycles. The summed E-state index contributed by atoms with van der Waals surface area (Å²) < 4.78 is 5.90. The SMILES string of the molecule is Cl.O=C(Nc1nnc(COc2cccc3cccnc23)s1)c1ccc2c(c1)CCNC2. The third-order valence-corrected chi connectivity index (χ3v) is 5.80. The van der Waals surface area contributed by atoms with Crippen LogP contribution < -0.4 is 15.4 Å². The molecular weight excluding hydrogens is 434 g/mol. The highest BCUT2D eigenvalue weighted by atomic mass is 35.5. The number of hydrogen-bond acceptors (Lipinski definition) is 7. The average molecular weight is 454 g/mol. The van der Waals surface area contributed by atoms with Gasteiger partial charge in [-0.25, -0.2) is 0 Å². The lowest BCUT2D eigenvalue weighted by atomic mass is 9.98. The highest BCUT2D eigenvalue weighted by Gasteiger charge is 2.15. The van der Waals surface area contributed by atoms with Gasteiger partial charge in [-0.1, -0.05) is 35.6 Å². The summed E-state index contributed by atoms with van der Waals surface area (Å²) in [6.45, 7) is 2.04. The van der Waals surface area contributed by atoms with Gasteiger partial charge in [-0.2, -0.15) is 0 Å². The maximum Gasteiger partial charge on any atom is 0.257 e. The molecule has 1 amide bonds. The van der Waals surface area contributed by atoms with Crippen LogP contribution in [0.5, 0.6) is 5.75 Å². The standard InChI is InChI=1S/C22H19N5O2S.ClH/c28-21(16-6-7-17-12-23-10-8-15(17)11-16)25-22-27-26-19(30-22)13-29-18-5-1-3-14-4-2-9-24-20(14)18;/h1-7,9,11,23H,8,10,12-13H2,(H,25,27,28);1H. The average Bonchev–Trinajstić information content (AvgIpc) is 3.24. The predicted octanol–water partition coefficient (Wildman–Crippen LogP) is 3.99. The van der Waals surface area contributed by atoms with Crippen LogP contribution in [-0.4, -0.2) is 27.6 Å². The third-order valence-electron chi connectivity index (χ3n) is 4.99. The van der Waals surface area contributed by atoms with E-state index in [1.165, 1.54) is 22.5 Å². The van der Waals surface area contributed by atoms with E-state index in [1.807, 2.05) is 48.5 Å². The molecule has 0 fully saturated rings. The fourth-order valence-corrected chi connectivity index (χ4v) is 4.13. The first kappa shape index (κ1) is 21.2. The van der Waals surface area contributed by atoms with Crippen LogP contribution in [0, 0.1) is 0 Å². The van der Waals surface area contributed by atoms with Crippen molar-refractivity contribution in [3.05, 3.63) is 76.4 Å². The molecule has 0 spiro atoms. The first-order chi connectivity index (χ1) is 14.8. The van der Waals surface area contributed by atoms with Gasteiger partial charge in [0.1, 0.15) is 17.9 Å². The van der Waals surface area contributed by atoms with Crippen molar-refractivity contribution in [2.24, 2.45) is 0 Å². The van der Waals surface area contributed by atoms with Gasteiger partial charge in [0.25, 0.3) is 5.91 Å². The highest BCUT2D eigenvalue weighted by Crippen LogP contribution is 2.25. The van der Waals surface area contributed by atoms with E-state index in [4.69, 9.17) is 4.74 Å². The molecule has 1 aliphatic heterocycles. The third kappa shape index (κ3) is 4.66. The number of aromatic nitrogens is 3. The Balaban J connectivity index is 0.00000231. The topological polar surface area (TPSA) is 89.0 Å². The van der Waals surface area contributed by atoms with Crippen LogP contribution in [0.25, 0.3) is 10.9 Å². The minimum atomic E-state index is -0.182. The van der Waals surface area contributed by atoms with Gasteiger partial charge in [-0.3, -0.25) is 15.1 Å². The molecule has 5 rings (SSSR count). The van der Waals surface area contributed by atoms with E-state index in [2.05, 4.69) is 25.8 Å². The van der Waals surface area contributed by atoms with Gasteiger partial charge in [0.15, 0.2) is 5.01 Å². The van der Waals surface area contributed by atoms with Crippen molar-refractivity contribution in [3.8, 4) is 5.75 Å². The number of ether oxygens (including phenoxy) is 1. The molecule has 0 aliphatic carbocycles. The van der Waals surface area contributed by atoms with E-state index in [0.29, 0.717) is 21.5 Å². The van der Waals surface area contributed by atoms with Crippen molar-refractivity contribution in [3.63, 3.8) is 0 Å². The summed E-state index contributed by atoms with van der Waals surface area (Å²) in [5, 5.41) is 16.5. The van der Waals surface area contributed by atoms with Crippen molar-refractivity contribution in [2.45, 2.75) is 19.6 Å². The first-order valence-corrected chi connectivity index (χ1v) is 10.5. The second kappa shape index (κ2) is 9.38. The molecule has 3 heterocycles. The van der Waals surface area contributed by atoms with Crippen molar-refractivity contribution in [1.29, 1.82) is 0 Å². The van der Waals surface area contributed by atoms with E-state index < -0.39 is 0 Å². The summed E-state index contributed by atoms with van der Waals surface area (Å²) in [5.74, 6) is 0.510. The minimum absolute atomic E-state index is 0. The second-order valence-electron chi connectivity index (χ2n) is 6.99. The molecule has 31 heavy (non-hydrogen) atoms. The van der Waals surface area contributed by atoms with Crippen LogP contribution in [0.4, 0.5) is 5.13 Å². The molecule has 0 atom stereocenters. The van der Waals surface area contributed by atoms with Crippen LogP contribution in [-0.2, 0) is 19.6 Å². The lowest BCUT2D eigenvalue weighted by Crippen LogP contribution is -2.24. The van der Waals surface area contributed by atoms with Gasteiger partial charge in [0.2, 0.25) is 5.13 Å². The Morgan fingerprint density at radius 3 is 2.97 bits per heavy atom. The zero-order chi connectivity index (χ0) is 20.3. The maximum atomic E-state index is 12.6. The number of rotatable bonds is 5. The smallest absolute Gasteiger partial charge is 0.257 e. The quantitative estimate of drug-likeness (QED) is 0.475. The Kier molecular flexibility index (Phi) is 6.41. The minimum Gasteiger partial charge on any atom is -0.484 e. The number of para-hydroxylation sites is 1. The number of carbonyl (C=O) groups is 1. The number of nitrogens with one attached hydrogen (secondary N) is 2. The summed E-state index contributed by atoms with van der Waals surface area (Å²) in [6.07, 6.45) is 2.67. The number of amides is 1. The highest BCUT2D eigenvalue weighted by molar-refractivity contribution is 7.15. The molecule has 0 saturated carbocycles. The number of benzene rings is 2. The molecule has 0 saturated heterocycles. The number of fused-ring (bicyclic) bond motifs is 2. The molecular formula is C22H20ClN5O2S. The largest absolute Gasteiger partial charge is 0.484 e. The lowest BCUT2D eigenvalue weighted by Gasteiger charge is -2.17. The molecule has 9 heteroatoms. The molecule has 2 aromatic carbocycles. The number of nitrogens with zero attached hydrogens (tertiary/aromatic N) is 3. The van der Waals surface area contributed by atoms with Crippen LogP contribution in [0.3, 0.4) is 0 Å². The van der Waals surface area contributed by atoms with E-state index in [9.17, 15) is 4.79 Å². The van der Waals surface area contributed by atoms with Crippen molar-refractivity contribution in [2.75, 3.05) is 11.9 Å². The zero-order valence-corrected chi connectivity index (χ0v) is 18.1. The molecule has 0 radical (unpaired) electrons. The fourth-order valence-electron chi connectivity index (χ4n) is 3.48. The molecule has 0 unspecified atom stereocenters. The second-order valence-corrected chi connectivity index (χ2v) is 8.05. The van der Waals surface area contributed by atoms with Crippen LogP contribution in [0.1, 0.15) is 26.5 Å². The predicted molar refractivity (Wildman–Crippen MR) is 123 cm³/mol. The Hall–Kier alpha value is -3.07. The lowest BCUT2D eigenvalue weighted by molar-refractivity contribution is 0.102. The van der Waals surface area contributed by atoms with Crippen LogP contribution in [0.15, 0.2) is 54.7 Å².